The molecular weight excluding hydrogens is 196 g/mol. The van der Waals surface area contributed by atoms with Crippen molar-refractivity contribution in [1.82, 2.24) is 0 Å². The van der Waals surface area contributed by atoms with Gasteiger partial charge in [-0.2, -0.15) is 0 Å². The summed E-state index contributed by atoms with van der Waals surface area (Å²) < 4.78 is 0. The Bertz CT molecular complexity index is 401. The summed E-state index contributed by atoms with van der Waals surface area (Å²) in [4.78, 5) is 11.8. The smallest absolute Gasteiger partial charge is 0.159 e. The van der Waals surface area contributed by atoms with Gasteiger partial charge in [0.2, 0.25) is 0 Å². The molecule has 0 saturated heterocycles. The third-order valence-electron chi connectivity index (χ3n) is 3.28. The number of carbonyl (C=O) groups is 1. The number of ketones is 1. The second-order valence-corrected chi connectivity index (χ2v) is 4.87. The van der Waals surface area contributed by atoms with Gasteiger partial charge in [-0.05, 0) is 30.4 Å². The molecule has 0 N–H and O–H groups in total. The van der Waals surface area contributed by atoms with Crippen LogP contribution in [0.5, 0.6) is 0 Å². The Hall–Kier alpha value is -1.37. The van der Waals surface area contributed by atoms with E-state index in [1.807, 2.05) is 24.3 Å². The molecule has 0 aromatic heterocycles. The van der Waals surface area contributed by atoms with Crippen LogP contribution in [0.2, 0.25) is 0 Å². The summed E-state index contributed by atoms with van der Waals surface area (Å²) >= 11 is 0. The summed E-state index contributed by atoms with van der Waals surface area (Å²) in [5, 5.41) is 0. The Morgan fingerprint density at radius 1 is 1.25 bits per heavy atom. The molecule has 1 aromatic rings. The van der Waals surface area contributed by atoms with Crippen LogP contribution in [0.3, 0.4) is 0 Å². The van der Waals surface area contributed by atoms with E-state index in [4.69, 9.17) is 0 Å². The minimum Gasteiger partial charge on any atom is -0.295 e. The van der Waals surface area contributed by atoms with Gasteiger partial charge in [0.1, 0.15) is 0 Å². The van der Waals surface area contributed by atoms with Crippen LogP contribution < -0.4 is 0 Å². The van der Waals surface area contributed by atoms with Gasteiger partial charge in [-0.25, -0.2) is 0 Å². The van der Waals surface area contributed by atoms with E-state index in [9.17, 15) is 4.79 Å². The third-order valence-corrected chi connectivity index (χ3v) is 3.28. The van der Waals surface area contributed by atoms with E-state index in [2.05, 4.69) is 26.0 Å². The fraction of sp³-hybridized carbons (Fsp3) is 0.400. The Kier molecular flexibility index (Phi) is 3.23. The molecule has 0 unspecified atom stereocenters. The summed E-state index contributed by atoms with van der Waals surface area (Å²) in [6, 6.07) is 10.3. The zero-order valence-electron chi connectivity index (χ0n) is 9.94. The highest BCUT2D eigenvalue weighted by molar-refractivity contribution is 5.95. The fourth-order valence-corrected chi connectivity index (χ4v) is 2.22. The highest BCUT2D eigenvalue weighted by atomic mass is 16.1. The zero-order valence-corrected chi connectivity index (χ0v) is 9.94. The highest BCUT2D eigenvalue weighted by Gasteiger charge is 2.26. The molecule has 1 heteroatoms. The van der Waals surface area contributed by atoms with Gasteiger partial charge in [0.25, 0.3) is 0 Å². The maximum Gasteiger partial charge on any atom is 0.159 e. The van der Waals surface area contributed by atoms with Gasteiger partial charge in [-0.3, -0.25) is 4.79 Å². The molecule has 1 aliphatic carbocycles. The minimum atomic E-state index is 0.180. The lowest BCUT2D eigenvalue weighted by atomic mass is 9.93. The van der Waals surface area contributed by atoms with Crippen LogP contribution in [0.15, 0.2) is 42.0 Å². The van der Waals surface area contributed by atoms with Gasteiger partial charge >= 0.3 is 0 Å². The predicted molar refractivity (Wildman–Crippen MR) is 66.2 cm³/mol. The van der Waals surface area contributed by atoms with Crippen LogP contribution in [0.4, 0.5) is 0 Å². The summed E-state index contributed by atoms with van der Waals surface area (Å²) in [7, 11) is 0. The van der Waals surface area contributed by atoms with Gasteiger partial charge in [0.05, 0.1) is 0 Å². The highest BCUT2D eigenvalue weighted by Crippen LogP contribution is 2.29. The van der Waals surface area contributed by atoms with E-state index in [0.717, 1.165) is 12.8 Å². The van der Waals surface area contributed by atoms with Crippen LogP contribution in [-0.4, -0.2) is 5.78 Å². The monoisotopic (exact) mass is 214 g/mol. The van der Waals surface area contributed by atoms with Gasteiger partial charge in [0, 0.05) is 5.92 Å². The molecular formula is C15H18O. The zero-order chi connectivity index (χ0) is 11.5. The van der Waals surface area contributed by atoms with Crippen molar-refractivity contribution in [2.24, 2.45) is 11.8 Å². The Morgan fingerprint density at radius 2 is 1.94 bits per heavy atom. The quantitative estimate of drug-likeness (QED) is 0.753. The lowest BCUT2D eigenvalue weighted by Crippen LogP contribution is -2.10. The standard InChI is InChI=1S/C15H18O/c1-11(2)13-9-14(15(16)10-13)8-12-6-4-3-5-7-12/h3-7,10-11,14H,8-9H2,1-2H3/t14-/m0/s1. The van der Waals surface area contributed by atoms with Crippen molar-refractivity contribution in [3.05, 3.63) is 47.5 Å². The predicted octanol–water partition coefficient (Wildman–Crippen LogP) is 3.40. The fourth-order valence-electron chi connectivity index (χ4n) is 2.22. The second-order valence-electron chi connectivity index (χ2n) is 4.87. The first-order valence-electron chi connectivity index (χ1n) is 5.95. The lowest BCUT2D eigenvalue weighted by Gasteiger charge is -2.10. The van der Waals surface area contributed by atoms with Crippen molar-refractivity contribution in [3.63, 3.8) is 0 Å². The van der Waals surface area contributed by atoms with Crippen molar-refractivity contribution in [2.45, 2.75) is 26.7 Å². The van der Waals surface area contributed by atoms with E-state index in [0.29, 0.717) is 11.7 Å². The van der Waals surface area contributed by atoms with E-state index in [-0.39, 0.29) is 5.92 Å². The molecule has 0 amide bonds. The molecule has 84 valence electrons. The molecule has 2 rings (SSSR count). The first-order valence-corrected chi connectivity index (χ1v) is 5.95. The average molecular weight is 214 g/mol. The van der Waals surface area contributed by atoms with Crippen molar-refractivity contribution in [2.75, 3.05) is 0 Å². The van der Waals surface area contributed by atoms with Crippen LogP contribution in [0, 0.1) is 11.8 Å². The molecule has 0 bridgehead atoms. The van der Waals surface area contributed by atoms with E-state index < -0.39 is 0 Å². The van der Waals surface area contributed by atoms with Gasteiger partial charge < -0.3 is 0 Å². The second kappa shape index (κ2) is 4.65. The van der Waals surface area contributed by atoms with E-state index in [1.54, 1.807) is 0 Å². The molecule has 1 aliphatic rings. The number of hydrogen-bond acceptors (Lipinski definition) is 1. The maximum atomic E-state index is 11.8. The van der Waals surface area contributed by atoms with Gasteiger partial charge in [-0.1, -0.05) is 49.8 Å². The van der Waals surface area contributed by atoms with Crippen molar-refractivity contribution < 1.29 is 4.79 Å². The molecule has 16 heavy (non-hydrogen) atoms. The number of allylic oxidation sites excluding steroid dienone is 2. The topological polar surface area (TPSA) is 17.1 Å². The Labute approximate surface area is 97.2 Å². The first-order chi connectivity index (χ1) is 7.66. The number of rotatable bonds is 3. The molecule has 0 spiro atoms. The molecule has 0 aliphatic heterocycles. The summed E-state index contributed by atoms with van der Waals surface area (Å²) in [6.07, 6.45) is 3.69. The van der Waals surface area contributed by atoms with Crippen LogP contribution in [0.25, 0.3) is 0 Å². The molecule has 0 saturated carbocycles. The minimum absolute atomic E-state index is 0.180. The molecule has 1 nitrogen and oxygen atoms in total. The lowest BCUT2D eigenvalue weighted by molar-refractivity contribution is -0.117. The van der Waals surface area contributed by atoms with Crippen molar-refractivity contribution in [1.29, 1.82) is 0 Å². The maximum absolute atomic E-state index is 11.8. The third kappa shape index (κ3) is 2.41. The van der Waals surface area contributed by atoms with E-state index >= 15 is 0 Å². The van der Waals surface area contributed by atoms with Crippen molar-refractivity contribution >= 4 is 5.78 Å². The number of benzene rings is 1. The number of carbonyl (C=O) groups excluding carboxylic acids is 1. The Balaban J connectivity index is 2.02. The largest absolute Gasteiger partial charge is 0.295 e. The van der Waals surface area contributed by atoms with Crippen LogP contribution in [0.1, 0.15) is 25.8 Å². The summed E-state index contributed by atoms with van der Waals surface area (Å²) in [6.45, 7) is 4.31. The van der Waals surface area contributed by atoms with Gasteiger partial charge in [0.15, 0.2) is 5.78 Å². The van der Waals surface area contributed by atoms with Crippen LogP contribution >= 0.6 is 0 Å². The van der Waals surface area contributed by atoms with Gasteiger partial charge in [-0.15, -0.1) is 0 Å². The molecule has 1 atom stereocenters. The molecule has 0 radical (unpaired) electrons. The SMILES string of the molecule is CC(C)C1=CC(=O)[C@@H](Cc2ccccc2)C1. The first kappa shape index (κ1) is 11.1. The summed E-state index contributed by atoms with van der Waals surface area (Å²) in [5.41, 5.74) is 2.57. The molecule has 1 aromatic carbocycles. The van der Waals surface area contributed by atoms with Crippen molar-refractivity contribution in [3.8, 4) is 0 Å². The van der Waals surface area contributed by atoms with E-state index in [1.165, 1.54) is 11.1 Å². The normalized spacial score (nSPS) is 20.3. The molecule has 0 heterocycles. The molecule has 0 fully saturated rings. The summed E-state index contributed by atoms with van der Waals surface area (Å²) in [5.74, 6) is 0.997. The Morgan fingerprint density at radius 3 is 2.50 bits per heavy atom. The number of hydrogen-bond donors (Lipinski definition) is 0. The average Bonchev–Trinajstić information content (AvgIpc) is 2.62. The van der Waals surface area contributed by atoms with Crippen LogP contribution in [-0.2, 0) is 11.2 Å².